The highest BCUT2D eigenvalue weighted by molar-refractivity contribution is 5.45. The van der Waals surface area contributed by atoms with Crippen molar-refractivity contribution < 1.29 is 4.74 Å². The van der Waals surface area contributed by atoms with Crippen LogP contribution in [0.3, 0.4) is 0 Å². The Morgan fingerprint density at radius 1 is 1.56 bits per heavy atom. The standard InChI is InChI=1S/C11H18N4O/c1-7-6-13-11(12)15-10(7)14-9-3-4-16-8(2)5-9/h6,8-9H,3-5H2,1-2H3,(H3,12,13,14,15). The van der Waals surface area contributed by atoms with Crippen LogP contribution in [0.4, 0.5) is 11.8 Å². The third-order valence-electron chi connectivity index (χ3n) is 2.82. The minimum Gasteiger partial charge on any atom is -0.378 e. The number of aryl methyl sites for hydroxylation is 1. The fraction of sp³-hybridized carbons (Fsp3) is 0.636. The summed E-state index contributed by atoms with van der Waals surface area (Å²) in [7, 11) is 0. The van der Waals surface area contributed by atoms with Crippen LogP contribution < -0.4 is 11.1 Å². The van der Waals surface area contributed by atoms with E-state index >= 15 is 0 Å². The first kappa shape index (κ1) is 11.1. The Morgan fingerprint density at radius 2 is 2.38 bits per heavy atom. The van der Waals surface area contributed by atoms with E-state index < -0.39 is 0 Å². The largest absolute Gasteiger partial charge is 0.378 e. The number of aromatic nitrogens is 2. The lowest BCUT2D eigenvalue weighted by Gasteiger charge is -2.28. The number of nitrogens with one attached hydrogen (secondary N) is 1. The van der Waals surface area contributed by atoms with Crippen molar-refractivity contribution >= 4 is 11.8 Å². The van der Waals surface area contributed by atoms with Crippen LogP contribution in [0.5, 0.6) is 0 Å². The summed E-state index contributed by atoms with van der Waals surface area (Å²) in [5.74, 6) is 1.15. The number of hydrogen-bond acceptors (Lipinski definition) is 5. The van der Waals surface area contributed by atoms with Gasteiger partial charge in [0, 0.05) is 24.4 Å². The van der Waals surface area contributed by atoms with E-state index in [1.54, 1.807) is 6.20 Å². The van der Waals surface area contributed by atoms with Gasteiger partial charge in [0.25, 0.3) is 0 Å². The molecule has 1 aromatic rings. The third-order valence-corrected chi connectivity index (χ3v) is 2.82. The molecule has 2 heterocycles. The van der Waals surface area contributed by atoms with E-state index in [0.717, 1.165) is 30.8 Å². The van der Waals surface area contributed by atoms with E-state index in [0.29, 0.717) is 18.1 Å². The lowest BCUT2D eigenvalue weighted by atomic mass is 10.0. The number of ether oxygens (including phenoxy) is 1. The lowest BCUT2D eigenvalue weighted by molar-refractivity contribution is 0.0231. The van der Waals surface area contributed by atoms with Gasteiger partial charge in [0.05, 0.1) is 6.10 Å². The molecule has 88 valence electrons. The number of rotatable bonds is 2. The quantitative estimate of drug-likeness (QED) is 0.790. The van der Waals surface area contributed by atoms with E-state index in [2.05, 4.69) is 22.2 Å². The summed E-state index contributed by atoms with van der Waals surface area (Å²) in [5.41, 5.74) is 6.59. The molecule has 0 spiro atoms. The maximum atomic E-state index is 5.57. The Kier molecular flexibility index (Phi) is 3.24. The van der Waals surface area contributed by atoms with Crippen LogP contribution in [0.15, 0.2) is 6.20 Å². The van der Waals surface area contributed by atoms with Crippen molar-refractivity contribution in [2.75, 3.05) is 17.7 Å². The molecule has 1 fully saturated rings. The molecule has 2 unspecified atom stereocenters. The predicted molar refractivity (Wildman–Crippen MR) is 63.2 cm³/mol. The fourth-order valence-corrected chi connectivity index (χ4v) is 1.92. The summed E-state index contributed by atoms with van der Waals surface area (Å²) in [5, 5.41) is 3.41. The zero-order chi connectivity index (χ0) is 11.5. The van der Waals surface area contributed by atoms with Gasteiger partial charge in [0.2, 0.25) is 5.95 Å². The van der Waals surface area contributed by atoms with Crippen molar-refractivity contribution in [1.29, 1.82) is 0 Å². The predicted octanol–water partition coefficient (Wildman–Crippen LogP) is 1.35. The zero-order valence-electron chi connectivity index (χ0n) is 9.73. The normalized spacial score (nSPS) is 25.4. The number of nitrogen functional groups attached to an aromatic ring is 1. The molecule has 2 rings (SSSR count). The molecular weight excluding hydrogens is 204 g/mol. The van der Waals surface area contributed by atoms with Gasteiger partial charge in [-0.25, -0.2) is 4.98 Å². The van der Waals surface area contributed by atoms with E-state index in [1.807, 2.05) is 6.92 Å². The van der Waals surface area contributed by atoms with Crippen LogP contribution in [0.1, 0.15) is 25.3 Å². The van der Waals surface area contributed by atoms with E-state index in [9.17, 15) is 0 Å². The van der Waals surface area contributed by atoms with Crippen molar-refractivity contribution in [2.45, 2.75) is 38.8 Å². The average molecular weight is 222 g/mol. The second kappa shape index (κ2) is 4.65. The Labute approximate surface area is 95.4 Å². The van der Waals surface area contributed by atoms with Gasteiger partial charge < -0.3 is 15.8 Å². The molecule has 0 saturated carbocycles. The summed E-state index contributed by atoms with van der Waals surface area (Å²) < 4.78 is 5.50. The molecule has 16 heavy (non-hydrogen) atoms. The molecule has 1 aromatic heterocycles. The number of nitrogens with two attached hydrogens (primary N) is 1. The van der Waals surface area contributed by atoms with E-state index in [-0.39, 0.29) is 0 Å². The molecular formula is C11H18N4O. The van der Waals surface area contributed by atoms with Gasteiger partial charge in [0.1, 0.15) is 5.82 Å². The van der Waals surface area contributed by atoms with Gasteiger partial charge in [0.15, 0.2) is 0 Å². The smallest absolute Gasteiger partial charge is 0.221 e. The highest BCUT2D eigenvalue weighted by Gasteiger charge is 2.20. The zero-order valence-corrected chi connectivity index (χ0v) is 9.73. The number of hydrogen-bond donors (Lipinski definition) is 2. The van der Waals surface area contributed by atoms with Gasteiger partial charge in [-0.1, -0.05) is 0 Å². The molecule has 1 aliphatic rings. The molecule has 5 nitrogen and oxygen atoms in total. The minimum absolute atomic E-state index is 0.311. The molecule has 0 radical (unpaired) electrons. The SMILES string of the molecule is Cc1cnc(N)nc1NC1CCOC(C)C1. The molecule has 0 bridgehead atoms. The molecule has 5 heteroatoms. The van der Waals surface area contributed by atoms with E-state index in [1.165, 1.54) is 0 Å². The lowest BCUT2D eigenvalue weighted by Crippen LogP contribution is -2.33. The molecule has 1 aliphatic heterocycles. The summed E-state index contributed by atoms with van der Waals surface area (Å²) in [4.78, 5) is 8.16. The molecule has 0 aliphatic carbocycles. The molecule has 3 N–H and O–H groups in total. The molecule has 0 amide bonds. The van der Waals surface area contributed by atoms with Gasteiger partial charge >= 0.3 is 0 Å². The van der Waals surface area contributed by atoms with Crippen molar-refractivity contribution in [1.82, 2.24) is 9.97 Å². The molecule has 1 saturated heterocycles. The fourth-order valence-electron chi connectivity index (χ4n) is 1.92. The highest BCUT2D eigenvalue weighted by Crippen LogP contribution is 2.19. The Hall–Kier alpha value is -1.36. The molecule has 2 atom stereocenters. The second-order valence-electron chi connectivity index (χ2n) is 4.31. The minimum atomic E-state index is 0.311. The summed E-state index contributed by atoms with van der Waals surface area (Å²) >= 11 is 0. The first-order valence-electron chi connectivity index (χ1n) is 5.62. The topological polar surface area (TPSA) is 73.1 Å². The average Bonchev–Trinajstić information content (AvgIpc) is 2.24. The second-order valence-corrected chi connectivity index (χ2v) is 4.31. The van der Waals surface area contributed by atoms with Crippen molar-refractivity contribution in [3.63, 3.8) is 0 Å². The summed E-state index contributed by atoms with van der Waals surface area (Å²) in [6, 6.07) is 0.414. The Bertz CT molecular complexity index is 369. The van der Waals surface area contributed by atoms with Crippen molar-refractivity contribution in [3.8, 4) is 0 Å². The van der Waals surface area contributed by atoms with Crippen LogP contribution in [0.25, 0.3) is 0 Å². The first-order chi connectivity index (χ1) is 7.65. The van der Waals surface area contributed by atoms with Crippen molar-refractivity contribution in [2.24, 2.45) is 0 Å². The van der Waals surface area contributed by atoms with E-state index in [4.69, 9.17) is 10.5 Å². The van der Waals surface area contributed by atoms with Crippen LogP contribution in [-0.4, -0.2) is 28.7 Å². The van der Waals surface area contributed by atoms with Crippen LogP contribution in [-0.2, 0) is 4.74 Å². The molecule has 0 aromatic carbocycles. The highest BCUT2D eigenvalue weighted by atomic mass is 16.5. The van der Waals surface area contributed by atoms with Gasteiger partial charge in [-0.05, 0) is 26.7 Å². The van der Waals surface area contributed by atoms with Gasteiger partial charge in [-0.15, -0.1) is 0 Å². The van der Waals surface area contributed by atoms with Crippen LogP contribution >= 0.6 is 0 Å². The maximum absolute atomic E-state index is 5.57. The maximum Gasteiger partial charge on any atom is 0.221 e. The first-order valence-corrected chi connectivity index (χ1v) is 5.62. The van der Waals surface area contributed by atoms with Crippen LogP contribution in [0, 0.1) is 6.92 Å². The summed E-state index contributed by atoms with van der Waals surface area (Å²) in [6.45, 7) is 4.87. The van der Waals surface area contributed by atoms with Crippen molar-refractivity contribution in [3.05, 3.63) is 11.8 Å². The third kappa shape index (κ3) is 2.61. The number of anilines is 2. The number of nitrogens with zero attached hydrogens (tertiary/aromatic N) is 2. The Morgan fingerprint density at radius 3 is 3.12 bits per heavy atom. The van der Waals surface area contributed by atoms with Gasteiger partial charge in [-0.3, -0.25) is 0 Å². The Balaban J connectivity index is 2.05. The van der Waals surface area contributed by atoms with Crippen LogP contribution in [0.2, 0.25) is 0 Å². The monoisotopic (exact) mass is 222 g/mol. The van der Waals surface area contributed by atoms with Gasteiger partial charge in [-0.2, -0.15) is 4.98 Å². The summed E-state index contributed by atoms with van der Waals surface area (Å²) in [6.07, 6.45) is 4.07.